The summed E-state index contributed by atoms with van der Waals surface area (Å²) in [7, 11) is 0. The second-order valence-electron chi connectivity index (χ2n) is 7.36. The van der Waals surface area contributed by atoms with E-state index in [4.69, 9.17) is 0 Å². The Kier molecular flexibility index (Phi) is 5.83. The van der Waals surface area contributed by atoms with Gasteiger partial charge in [-0.05, 0) is 48.1 Å². The molecule has 0 bridgehead atoms. The van der Waals surface area contributed by atoms with Crippen molar-refractivity contribution in [1.82, 2.24) is 5.32 Å². The molecule has 0 spiro atoms. The zero-order chi connectivity index (χ0) is 15.4. The number of aliphatic hydroxyl groups excluding tert-OH is 1. The second-order valence-corrected chi connectivity index (χ2v) is 7.36. The average molecular weight is 289 g/mol. The molecule has 0 aromatic heterocycles. The van der Waals surface area contributed by atoms with Gasteiger partial charge in [0.15, 0.2) is 0 Å². The van der Waals surface area contributed by atoms with Gasteiger partial charge in [-0.1, -0.05) is 52.0 Å². The molecule has 3 unspecified atom stereocenters. The molecule has 1 aliphatic rings. The topological polar surface area (TPSA) is 32.3 Å². The summed E-state index contributed by atoms with van der Waals surface area (Å²) in [5.74, 6) is 2.14. The number of aliphatic hydroxyl groups is 1. The molecule has 118 valence electrons. The summed E-state index contributed by atoms with van der Waals surface area (Å²) >= 11 is 0. The monoisotopic (exact) mass is 289 g/mol. The van der Waals surface area contributed by atoms with Gasteiger partial charge in [-0.25, -0.2) is 0 Å². The molecule has 0 saturated heterocycles. The molecule has 2 N–H and O–H groups in total. The van der Waals surface area contributed by atoms with E-state index in [0.29, 0.717) is 18.5 Å². The number of hydrogen-bond acceptors (Lipinski definition) is 2. The van der Waals surface area contributed by atoms with E-state index < -0.39 is 6.10 Å². The van der Waals surface area contributed by atoms with Crippen LogP contribution in [0.2, 0.25) is 0 Å². The Hall–Kier alpha value is -0.860. The zero-order valence-corrected chi connectivity index (χ0v) is 14.0. The van der Waals surface area contributed by atoms with Gasteiger partial charge in [0.1, 0.15) is 0 Å². The lowest BCUT2D eigenvalue weighted by molar-refractivity contribution is 0.155. The molecule has 2 nitrogen and oxygen atoms in total. The van der Waals surface area contributed by atoms with Crippen molar-refractivity contribution < 1.29 is 5.11 Å². The number of nitrogens with one attached hydrogen (secondary N) is 1. The normalized spacial score (nSPS) is 27.8. The third kappa shape index (κ3) is 4.82. The second kappa shape index (κ2) is 7.42. The molecule has 21 heavy (non-hydrogen) atoms. The lowest BCUT2D eigenvalue weighted by atomic mass is 9.80. The van der Waals surface area contributed by atoms with E-state index in [9.17, 15) is 5.11 Å². The quantitative estimate of drug-likeness (QED) is 0.849. The summed E-state index contributed by atoms with van der Waals surface area (Å²) in [6.07, 6.45) is 3.42. The first-order valence-electron chi connectivity index (χ1n) is 8.47. The van der Waals surface area contributed by atoms with Crippen LogP contribution in [0, 0.1) is 11.8 Å². The van der Waals surface area contributed by atoms with E-state index >= 15 is 0 Å². The van der Waals surface area contributed by atoms with Gasteiger partial charge in [-0.2, -0.15) is 0 Å². The van der Waals surface area contributed by atoms with Crippen LogP contribution in [0.25, 0.3) is 0 Å². The minimum atomic E-state index is -0.404. The van der Waals surface area contributed by atoms with Gasteiger partial charge in [-0.15, -0.1) is 0 Å². The fourth-order valence-electron chi connectivity index (χ4n) is 3.61. The molecule has 1 aliphatic carbocycles. The highest BCUT2D eigenvalue weighted by Gasteiger charge is 2.24. The van der Waals surface area contributed by atoms with E-state index in [0.717, 1.165) is 17.4 Å². The molecule has 2 rings (SSSR count). The Morgan fingerprint density at radius 2 is 1.52 bits per heavy atom. The van der Waals surface area contributed by atoms with Gasteiger partial charge in [0.2, 0.25) is 0 Å². The highest BCUT2D eigenvalue weighted by molar-refractivity contribution is 5.26. The standard InChI is InChI=1S/C19H31NO/c1-13(2)16-5-7-17(8-6-16)19(21)12-20-18-10-14(3)9-15(4)11-18/h5-8,13-15,18-21H,9-12H2,1-4H3. The predicted octanol–water partition coefficient (Wildman–Crippen LogP) is 4.26. The van der Waals surface area contributed by atoms with E-state index in [1.54, 1.807) is 0 Å². The Morgan fingerprint density at radius 3 is 2.05 bits per heavy atom. The van der Waals surface area contributed by atoms with Crippen molar-refractivity contribution in [3.05, 3.63) is 35.4 Å². The number of benzene rings is 1. The van der Waals surface area contributed by atoms with Crippen LogP contribution < -0.4 is 5.32 Å². The minimum Gasteiger partial charge on any atom is -0.387 e. The third-order valence-electron chi connectivity index (χ3n) is 4.77. The fraction of sp³-hybridized carbons (Fsp3) is 0.684. The van der Waals surface area contributed by atoms with Gasteiger partial charge < -0.3 is 10.4 Å². The largest absolute Gasteiger partial charge is 0.387 e. The first-order chi connectivity index (χ1) is 9.95. The molecule has 0 radical (unpaired) electrons. The van der Waals surface area contributed by atoms with Crippen LogP contribution in [-0.2, 0) is 0 Å². The highest BCUT2D eigenvalue weighted by Crippen LogP contribution is 2.28. The van der Waals surface area contributed by atoms with Gasteiger partial charge in [0, 0.05) is 12.6 Å². The molecular formula is C19H31NO. The van der Waals surface area contributed by atoms with Crippen molar-refractivity contribution >= 4 is 0 Å². The fourth-order valence-corrected chi connectivity index (χ4v) is 3.61. The molecule has 0 aliphatic heterocycles. The molecular weight excluding hydrogens is 258 g/mol. The lowest BCUT2D eigenvalue weighted by Crippen LogP contribution is -2.38. The Morgan fingerprint density at radius 1 is 1.00 bits per heavy atom. The Balaban J connectivity index is 1.85. The first-order valence-corrected chi connectivity index (χ1v) is 8.47. The van der Waals surface area contributed by atoms with Crippen molar-refractivity contribution in [3.8, 4) is 0 Å². The van der Waals surface area contributed by atoms with Crippen LogP contribution >= 0.6 is 0 Å². The zero-order valence-electron chi connectivity index (χ0n) is 14.0. The van der Waals surface area contributed by atoms with Crippen LogP contribution in [-0.4, -0.2) is 17.7 Å². The third-order valence-corrected chi connectivity index (χ3v) is 4.77. The Labute approximate surface area is 130 Å². The minimum absolute atomic E-state index is 0.404. The maximum absolute atomic E-state index is 10.3. The van der Waals surface area contributed by atoms with E-state index in [2.05, 4.69) is 57.3 Å². The summed E-state index contributed by atoms with van der Waals surface area (Å²) in [6, 6.07) is 8.96. The van der Waals surface area contributed by atoms with Crippen molar-refractivity contribution in [2.75, 3.05) is 6.54 Å². The predicted molar refractivity (Wildman–Crippen MR) is 89.5 cm³/mol. The SMILES string of the molecule is CC1CC(C)CC(NCC(O)c2ccc(C(C)C)cc2)C1. The lowest BCUT2D eigenvalue weighted by Gasteiger charge is -2.32. The van der Waals surface area contributed by atoms with Gasteiger partial charge in [-0.3, -0.25) is 0 Å². The van der Waals surface area contributed by atoms with Gasteiger partial charge >= 0.3 is 0 Å². The van der Waals surface area contributed by atoms with E-state index in [-0.39, 0.29) is 0 Å². The molecule has 0 amide bonds. The van der Waals surface area contributed by atoms with Crippen LogP contribution in [0.1, 0.15) is 70.1 Å². The summed E-state index contributed by atoms with van der Waals surface area (Å²) in [6.45, 7) is 9.72. The molecule has 1 fully saturated rings. The molecule has 1 aromatic rings. The van der Waals surface area contributed by atoms with Crippen molar-refractivity contribution in [1.29, 1.82) is 0 Å². The van der Waals surface area contributed by atoms with Crippen LogP contribution in [0.15, 0.2) is 24.3 Å². The van der Waals surface area contributed by atoms with Crippen LogP contribution in [0.4, 0.5) is 0 Å². The van der Waals surface area contributed by atoms with E-state index in [1.807, 2.05) is 0 Å². The average Bonchev–Trinajstić information content (AvgIpc) is 2.44. The van der Waals surface area contributed by atoms with E-state index in [1.165, 1.54) is 24.8 Å². The summed E-state index contributed by atoms with van der Waals surface area (Å²) in [5, 5.41) is 13.9. The van der Waals surface area contributed by atoms with Crippen molar-refractivity contribution in [2.45, 2.75) is 65.0 Å². The summed E-state index contributed by atoms with van der Waals surface area (Å²) < 4.78 is 0. The molecule has 3 atom stereocenters. The van der Waals surface area contributed by atoms with Crippen LogP contribution in [0.3, 0.4) is 0 Å². The molecule has 0 heterocycles. The number of hydrogen-bond donors (Lipinski definition) is 2. The molecule has 1 aromatic carbocycles. The smallest absolute Gasteiger partial charge is 0.0914 e. The van der Waals surface area contributed by atoms with Gasteiger partial charge in [0.05, 0.1) is 6.10 Å². The van der Waals surface area contributed by atoms with Gasteiger partial charge in [0.25, 0.3) is 0 Å². The number of rotatable bonds is 5. The highest BCUT2D eigenvalue weighted by atomic mass is 16.3. The Bertz CT molecular complexity index is 416. The summed E-state index contributed by atoms with van der Waals surface area (Å²) in [4.78, 5) is 0. The molecule has 2 heteroatoms. The maximum Gasteiger partial charge on any atom is 0.0914 e. The maximum atomic E-state index is 10.3. The van der Waals surface area contributed by atoms with Crippen LogP contribution in [0.5, 0.6) is 0 Å². The van der Waals surface area contributed by atoms with Crippen molar-refractivity contribution in [3.63, 3.8) is 0 Å². The first kappa shape index (κ1) is 16.5. The van der Waals surface area contributed by atoms with Crippen molar-refractivity contribution in [2.24, 2.45) is 11.8 Å². The summed E-state index contributed by atoms with van der Waals surface area (Å²) in [5.41, 5.74) is 2.35. The molecule has 1 saturated carbocycles.